The Morgan fingerprint density at radius 1 is 1.45 bits per heavy atom. The first kappa shape index (κ1) is 14.8. The van der Waals surface area contributed by atoms with Crippen molar-refractivity contribution in [1.82, 2.24) is 9.78 Å². The molecule has 1 aromatic carbocycles. The molecule has 2 rings (SSSR count). The van der Waals surface area contributed by atoms with Gasteiger partial charge >= 0.3 is 6.09 Å². The SMILES string of the molecule is COc1c(Br)cc(F)c2cnn(C(=O)OC(C)(C)C)c12. The first-order valence-electron chi connectivity index (χ1n) is 5.87. The molecule has 0 radical (unpaired) electrons. The minimum atomic E-state index is -0.691. The number of ether oxygens (including phenoxy) is 2. The van der Waals surface area contributed by atoms with E-state index in [1.54, 1.807) is 20.8 Å². The highest BCUT2D eigenvalue weighted by atomic mass is 79.9. The Labute approximate surface area is 123 Å². The van der Waals surface area contributed by atoms with E-state index in [-0.39, 0.29) is 10.9 Å². The van der Waals surface area contributed by atoms with Gasteiger partial charge in [0.1, 0.15) is 16.9 Å². The topological polar surface area (TPSA) is 53.4 Å². The van der Waals surface area contributed by atoms with Gasteiger partial charge in [-0.25, -0.2) is 9.18 Å². The number of fused-ring (bicyclic) bond motifs is 1. The van der Waals surface area contributed by atoms with Gasteiger partial charge in [-0.2, -0.15) is 9.78 Å². The van der Waals surface area contributed by atoms with Gasteiger partial charge < -0.3 is 9.47 Å². The molecular formula is C13H14BrFN2O3. The summed E-state index contributed by atoms with van der Waals surface area (Å²) in [7, 11) is 1.43. The summed E-state index contributed by atoms with van der Waals surface area (Å²) in [6.07, 6.45) is 0.576. The van der Waals surface area contributed by atoms with Crippen LogP contribution in [-0.4, -0.2) is 28.6 Å². The second kappa shape index (κ2) is 5.05. The quantitative estimate of drug-likeness (QED) is 0.790. The molecule has 0 atom stereocenters. The number of hydrogen-bond donors (Lipinski definition) is 0. The highest BCUT2D eigenvalue weighted by Gasteiger charge is 2.24. The van der Waals surface area contributed by atoms with Gasteiger partial charge in [-0.05, 0) is 42.8 Å². The third-order valence-electron chi connectivity index (χ3n) is 2.48. The monoisotopic (exact) mass is 344 g/mol. The van der Waals surface area contributed by atoms with Crippen molar-refractivity contribution in [3.63, 3.8) is 0 Å². The maximum atomic E-state index is 13.9. The summed E-state index contributed by atoms with van der Waals surface area (Å²) in [6, 6.07) is 1.27. The molecule has 0 spiro atoms. The number of hydrogen-bond acceptors (Lipinski definition) is 4. The molecule has 0 bridgehead atoms. The van der Waals surface area contributed by atoms with Crippen molar-refractivity contribution in [3.05, 3.63) is 22.6 Å². The van der Waals surface area contributed by atoms with Crippen molar-refractivity contribution in [1.29, 1.82) is 0 Å². The standard InChI is InChI=1S/C13H14BrFN2O3/c1-13(2,3)20-12(18)17-10-7(6-16-17)9(15)5-8(14)11(10)19-4/h5-6H,1-4H3. The van der Waals surface area contributed by atoms with E-state index >= 15 is 0 Å². The summed E-state index contributed by atoms with van der Waals surface area (Å²) in [6.45, 7) is 5.22. The van der Waals surface area contributed by atoms with Crippen LogP contribution in [0.3, 0.4) is 0 Å². The van der Waals surface area contributed by atoms with Gasteiger partial charge in [0.15, 0.2) is 5.75 Å². The fraction of sp³-hybridized carbons (Fsp3) is 0.385. The summed E-state index contributed by atoms with van der Waals surface area (Å²) in [5.74, 6) is -0.174. The van der Waals surface area contributed by atoms with Crippen molar-refractivity contribution in [2.24, 2.45) is 0 Å². The Morgan fingerprint density at radius 2 is 2.10 bits per heavy atom. The Hall–Kier alpha value is -1.63. The van der Waals surface area contributed by atoms with E-state index in [4.69, 9.17) is 9.47 Å². The normalized spacial score (nSPS) is 11.7. The lowest BCUT2D eigenvalue weighted by Crippen LogP contribution is -2.27. The van der Waals surface area contributed by atoms with Crippen LogP contribution in [-0.2, 0) is 4.74 Å². The number of carbonyl (C=O) groups excluding carboxylic acids is 1. The number of carbonyl (C=O) groups is 1. The number of aromatic nitrogens is 2. The Bertz CT molecular complexity index is 676. The highest BCUT2D eigenvalue weighted by Crippen LogP contribution is 2.35. The molecule has 0 aliphatic rings. The summed E-state index contributed by atoms with van der Waals surface area (Å²) < 4.78 is 25.7. The number of benzene rings is 1. The van der Waals surface area contributed by atoms with E-state index in [9.17, 15) is 9.18 Å². The molecule has 20 heavy (non-hydrogen) atoms. The average Bonchev–Trinajstić information content (AvgIpc) is 2.72. The molecule has 0 aliphatic heterocycles. The van der Waals surface area contributed by atoms with Crippen molar-refractivity contribution >= 4 is 32.9 Å². The maximum Gasteiger partial charge on any atom is 0.435 e. The number of nitrogens with zero attached hydrogens (tertiary/aromatic N) is 2. The Kier molecular flexibility index (Phi) is 3.73. The molecule has 7 heteroatoms. The summed E-state index contributed by atoms with van der Waals surface area (Å²) in [5.41, 5.74) is -0.443. The molecule has 0 unspecified atom stereocenters. The zero-order valence-electron chi connectivity index (χ0n) is 11.5. The maximum absolute atomic E-state index is 13.9. The van der Waals surface area contributed by atoms with Crippen LogP contribution in [0.4, 0.5) is 9.18 Å². The number of halogens is 2. The van der Waals surface area contributed by atoms with Crippen molar-refractivity contribution in [3.8, 4) is 5.75 Å². The van der Waals surface area contributed by atoms with Crippen LogP contribution in [0, 0.1) is 5.82 Å². The van der Waals surface area contributed by atoms with Crippen LogP contribution in [0.2, 0.25) is 0 Å². The van der Waals surface area contributed by atoms with Gasteiger partial charge in [0.25, 0.3) is 0 Å². The van der Waals surface area contributed by atoms with Crippen LogP contribution in [0.25, 0.3) is 10.9 Å². The third kappa shape index (κ3) is 2.63. The minimum Gasteiger partial charge on any atom is -0.493 e. The van der Waals surface area contributed by atoms with E-state index in [2.05, 4.69) is 21.0 Å². The second-order valence-electron chi connectivity index (χ2n) is 5.17. The lowest BCUT2D eigenvalue weighted by atomic mass is 10.2. The predicted octanol–water partition coefficient (Wildman–Crippen LogP) is 3.73. The fourth-order valence-electron chi connectivity index (χ4n) is 1.75. The molecule has 0 saturated carbocycles. The molecule has 108 valence electrons. The molecule has 2 aromatic rings. The average molecular weight is 345 g/mol. The van der Waals surface area contributed by atoms with Gasteiger partial charge in [-0.3, -0.25) is 0 Å². The van der Waals surface area contributed by atoms with E-state index in [1.807, 2.05) is 0 Å². The summed E-state index contributed by atoms with van der Waals surface area (Å²) in [5, 5.41) is 4.08. The molecule has 0 N–H and O–H groups in total. The molecule has 0 saturated heterocycles. The van der Waals surface area contributed by atoms with E-state index in [1.165, 1.54) is 19.4 Å². The van der Waals surface area contributed by atoms with Gasteiger partial charge in [0.2, 0.25) is 0 Å². The third-order valence-corrected chi connectivity index (χ3v) is 3.07. The smallest absolute Gasteiger partial charge is 0.435 e. The Balaban J connectivity index is 2.64. The second-order valence-corrected chi connectivity index (χ2v) is 6.03. The molecule has 0 aliphatic carbocycles. The van der Waals surface area contributed by atoms with Crippen molar-refractivity contribution in [2.75, 3.05) is 7.11 Å². The van der Waals surface area contributed by atoms with Crippen LogP contribution in [0.5, 0.6) is 5.75 Å². The molecular weight excluding hydrogens is 331 g/mol. The van der Waals surface area contributed by atoms with Crippen molar-refractivity contribution < 1.29 is 18.7 Å². The largest absolute Gasteiger partial charge is 0.493 e. The molecule has 1 heterocycles. The first-order valence-corrected chi connectivity index (χ1v) is 6.67. The fourth-order valence-corrected chi connectivity index (χ4v) is 2.30. The Morgan fingerprint density at radius 3 is 2.65 bits per heavy atom. The first-order chi connectivity index (χ1) is 9.24. The van der Waals surface area contributed by atoms with E-state index in [0.717, 1.165) is 4.68 Å². The predicted molar refractivity (Wildman–Crippen MR) is 75.6 cm³/mol. The minimum absolute atomic E-state index is 0.191. The molecule has 0 amide bonds. The van der Waals surface area contributed by atoms with Gasteiger partial charge in [0, 0.05) is 0 Å². The number of rotatable bonds is 1. The zero-order valence-corrected chi connectivity index (χ0v) is 13.1. The van der Waals surface area contributed by atoms with Gasteiger partial charge in [0.05, 0.1) is 23.2 Å². The van der Waals surface area contributed by atoms with E-state index < -0.39 is 17.5 Å². The van der Waals surface area contributed by atoms with Crippen LogP contribution in [0.15, 0.2) is 16.7 Å². The zero-order chi connectivity index (χ0) is 15.1. The molecule has 0 fully saturated rings. The van der Waals surface area contributed by atoms with E-state index in [0.29, 0.717) is 10.2 Å². The molecule has 5 nitrogen and oxygen atoms in total. The van der Waals surface area contributed by atoms with Gasteiger partial charge in [-0.1, -0.05) is 0 Å². The highest BCUT2D eigenvalue weighted by molar-refractivity contribution is 9.10. The lowest BCUT2D eigenvalue weighted by Gasteiger charge is -2.19. The van der Waals surface area contributed by atoms with Gasteiger partial charge in [-0.15, -0.1) is 0 Å². The number of methoxy groups -OCH3 is 1. The lowest BCUT2D eigenvalue weighted by molar-refractivity contribution is 0.0522. The van der Waals surface area contributed by atoms with Crippen LogP contribution >= 0.6 is 15.9 Å². The summed E-state index contributed by atoms with van der Waals surface area (Å²) in [4.78, 5) is 12.1. The summed E-state index contributed by atoms with van der Waals surface area (Å²) >= 11 is 3.20. The van der Waals surface area contributed by atoms with Crippen molar-refractivity contribution in [2.45, 2.75) is 26.4 Å². The molecule has 1 aromatic heterocycles. The van der Waals surface area contributed by atoms with Crippen LogP contribution in [0.1, 0.15) is 20.8 Å². The van der Waals surface area contributed by atoms with Crippen LogP contribution < -0.4 is 4.74 Å².